The van der Waals surface area contributed by atoms with Crippen molar-refractivity contribution >= 4 is 0 Å². The van der Waals surface area contributed by atoms with Gasteiger partial charge < -0.3 is 5.32 Å². The predicted octanol–water partition coefficient (Wildman–Crippen LogP) is 1.86. The average molecular weight is 196 g/mol. The summed E-state index contributed by atoms with van der Waals surface area (Å²) >= 11 is 0. The molecule has 0 spiro atoms. The van der Waals surface area contributed by atoms with Crippen molar-refractivity contribution in [2.75, 3.05) is 19.6 Å². The standard InChI is InChI=1S/C12H24N2/c1-3-14-8-4-5-12(14)9-13-10(2)11-6-7-11/h10-13H,3-9H2,1-2H3/t10-,12+/m0/s1. The molecule has 2 aliphatic rings. The van der Waals surface area contributed by atoms with Crippen molar-refractivity contribution in [3.63, 3.8) is 0 Å². The quantitative estimate of drug-likeness (QED) is 0.722. The second kappa shape index (κ2) is 4.63. The Morgan fingerprint density at radius 1 is 1.36 bits per heavy atom. The van der Waals surface area contributed by atoms with Gasteiger partial charge in [0.05, 0.1) is 0 Å². The lowest BCUT2D eigenvalue weighted by molar-refractivity contribution is 0.252. The molecule has 0 bridgehead atoms. The highest BCUT2D eigenvalue weighted by molar-refractivity contribution is 4.86. The SMILES string of the molecule is CCN1CCC[C@@H]1CN[C@@H](C)C1CC1. The molecule has 82 valence electrons. The van der Waals surface area contributed by atoms with Crippen LogP contribution >= 0.6 is 0 Å². The van der Waals surface area contributed by atoms with Crippen molar-refractivity contribution in [1.82, 2.24) is 10.2 Å². The monoisotopic (exact) mass is 196 g/mol. The molecule has 0 amide bonds. The molecule has 0 unspecified atom stereocenters. The Morgan fingerprint density at radius 2 is 2.14 bits per heavy atom. The Bertz CT molecular complexity index is 177. The van der Waals surface area contributed by atoms with Gasteiger partial charge in [0.15, 0.2) is 0 Å². The van der Waals surface area contributed by atoms with E-state index < -0.39 is 0 Å². The van der Waals surface area contributed by atoms with Crippen molar-refractivity contribution in [2.24, 2.45) is 5.92 Å². The van der Waals surface area contributed by atoms with E-state index in [1.807, 2.05) is 0 Å². The maximum Gasteiger partial charge on any atom is 0.0221 e. The van der Waals surface area contributed by atoms with E-state index in [0.29, 0.717) is 0 Å². The van der Waals surface area contributed by atoms with Crippen LogP contribution in [0.25, 0.3) is 0 Å². The van der Waals surface area contributed by atoms with E-state index in [2.05, 4.69) is 24.1 Å². The van der Waals surface area contributed by atoms with E-state index in [9.17, 15) is 0 Å². The fourth-order valence-electron chi connectivity index (χ4n) is 2.63. The number of hydrogen-bond donors (Lipinski definition) is 1. The zero-order chi connectivity index (χ0) is 9.97. The fraction of sp³-hybridized carbons (Fsp3) is 1.00. The van der Waals surface area contributed by atoms with E-state index in [-0.39, 0.29) is 0 Å². The molecule has 1 heterocycles. The van der Waals surface area contributed by atoms with E-state index >= 15 is 0 Å². The number of nitrogens with zero attached hydrogens (tertiary/aromatic N) is 1. The smallest absolute Gasteiger partial charge is 0.0221 e. The van der Waals surface area contributed by atoms with Crippen LogP contribution in [0.5, 0.6) is 0 Å². The van der Waals surface area contributed by atoms with Crippen LogP contribution in [0.1, 0.15) is 39.5 Å². The van der Waals surface area contributed by atoms with E-state index in [0.717, 1.165) is 18.0 Å². The number of likely N-dealkylation sites (N-methyl/N-ethyl adjacent to an activating group) is 1. The van der Waals surface area contributed by atoms with E-state index in [1.165, 1.54) is 45.3 Å². The molecule has 0 aromatic rings. The van der Waals surface area contributed by atoms with Gasteiger partial charge in [0, 0.05) is 18.6 Å². The molecule has 0 aromatic carbocycles. The maximum atomic E-state index is 3.71. The van der Waals surface area contributed by atoms with Gasteiger partial charge >= 0.3 is 0 Å². The Labute approximate surface area is 88.1 Å². The van der Waals surface area contributed by atoms with Crippen LogP contribution in [0.2, 0.25) is 0 Å². The minimum absolute atomic E-state index is 0.759. The molecule has 1 saturated carbocycles. The Balaban J connectivity index is 1.68. The molecule has 2 fully saturated rings. The van der Waals surface area contributed by atoms with Crippen LogP contribution < -0.4 is 5.32 Å². The highest BCUT2D eigenvalue weighted by Crippen LogP contribution is 2.32. The van der Waals surface area contributed by atoms with Gasteiger partial charge in [-0.1, -0.05) is 6.92 Å². The molecule has 2 rings (SSSR count). The molecule has 1 aliphatic carbocycles. The van der Waals surface area contributed by atoms with Gasteiger partial charge in [-0.05, 0) is 51.6 Å². The molecule has 2 nitrogen and oxygen atoms in total. The summed E-state index contributed by atoms with van der Waals surface area (Å²) in [5.74, 6) is 0.992. The van der Waals surface area contributed by atoms with Crippen molar-refractivity contribution in [3.05, 3.63) is 0 Å². The lowest BCUT2D eigenvalue weighted by Gasteiger charge is -2.24. The molecule has 14 heavy (non-hydrogen) atoms. The second-order valence-corrected chi connectivity index (χ2v) is 4.96. The molecular weight excluding hydrogens is 172 g/mol. The van der Waals surface area contributed by atoms with Crippen LogP contribution in [0, 0.1) is 5.92 Å². The van der Waals surface area contributed by atoms with Gasteiger partial charge in [0.2, 0.25) is 0 Å². The lowest BCUT2D eigenvalue weighted by Crippen LogP contribution is -2.41. The Kier molecular flexibility index (Phi) is 3.45. The minimum atomic E-state index is 0.759. The van der Waals surface area contributed by atoms with Gasteiger partial charge in [-0.25, -0.2) is 0 Å². The second-order valence-electron chi connectivity index (χ2n) is 4.96. The van der Waals surface area contributed by atoms with Crippen LogP contribution in [-0.2, 0) is 0 Å². The van der Waals surface area contributed by atoms with Crippen molar-refractivity contribution < 1.29 is 0 Å². The van der Waals surface area contributed by atoms with Crippen LogP contribution in [0.15, 0.2) is 0 Å². The number of likely N-dealkylation sites (tertiary alicyclic amines) is 1. The summed E-state index contributed by atoms with van der Waals surface area (Å²) in [6.07, 6.45) is 5.71. The molecular formula is C12H24N2. The molecule has 1 saturated heterocycles. The third-order valence-corrected chi connectivity index (χ3v) is 3.91. The molecule has 0 radical (unpaired) electrons. The number of rotatable bonds is 5. The van der Waals surface area contributed by atoms with E-state index in [1.54, 1.807) is 0 Å². The highest BCUT2D eigenvalue weighted by Gasteiger charge is 2.29. The summed E-state index contributed by atoms with van der Waals surface area (Å²) < 4.78 is 0. The summed E-state index contributed by atoms with van der Waals surface area (Å²) in [5.41, 5.74) is 0. The Morgan fingerprint density at radius 3 is 2.79 bits per heavy atom. The molecule has 1 N–H and O–H groups in total. The molecule has 2 heteroatoms. The molecule has 1 aliphatic heterocycles. The lowest BCUT2D eigenvalue weighted by atomic mass is 10.1. The first-order chi connectivity index (χ1) is 6.81. The van der Waals surface area contributed by atoms with Crippen LogP contribution in [0.3, 0.4) is 0 Å². The fourth-order valence-corrected chi connectivity index (χ4v) is 2.63. The largest absolute Gasteiger partial charge is 0.312 e. The number of hydrogen-bond acceptors (Lipinski definition) is 2. The predicted molar refractivity (Wildman–Crippen MR) is 60.5 cm³/mol. The molecule has 2 atom stereocenters. The minimum Gasteiger partial charge on any atom is -0.312 e. The van der Waals surface area contributed by atoms with Crippen molar-refractivity contribution in [3.8, 4) is 0 Å². The van der Waals surface area contributed by atoms with Crippen molar-refractivity contribution in [1.29, 1.82) is 0 Å². The first kappa shape index (κ1) is 10.4. The van der Waals surface area contributed by atoms with E-state index in [4.69, 9.17) is 0 Å². The Hall–Kier alpha value is -0.0800. The topological polar surface area (TPSA) is 15.3 Å². The zero-order valence-corrected chi connectivity index (χ0v) is 9.63. The van der Waals surface area contributed by atoms with Gasteiger partial charge in [-0.3, -0.25) is 4.90 Å². The summed E-state index contributed by atoms with van der Waals surface area (Å²) in [5, 5.41) is 3.71. The van der Waals surface area contributed by atoms with Crippen LogP contribution in [-0.4, -0.2) is 36.6 Å². The zero-order valence-electron chi connectivity index (χ0n) is 9.63. The summed E-state index contributed by atoms with van der Waals surface area (Å²) in [4.78, 5) is 2.62. The first-order valence-electron chi connectivity index (χ1n) is 6.28. The number of nitrogens with one attached hydrogen (secondary N) is 1. The van der Waals surface area contributed by atoms with Crippen molar-refractivity contribution in [2.45, 2.75) is 51.6 Å². The third kappa shape index (κ3) is 2.48. The van der Waals surface area contributed by atoms with Gasteiger partial charge in [0.25, 0.3) is 0 Å². The average Bonchev–Trinajstić information content (AvgIpc) is 2.94. The summed E-state index contributed by atoms with van der Waals surface area (Å²) in [6, 6.07) is 1.58. The summed E-state index contributed by atoms with van der Waals surface area (Å²) in [6.45, 7) is 8.39. The van der Waals surface area contributed by atoms with Gasteiger partial charge in [-0.2, -0.15) is 0 Å². The maximum absolute atomic E-state index is 3.71. The highest BCUT2D eigenvalue weighted by atomic mass is 15.2. The normalized spacial score (nSPS) is 30.9. The summed E-state index contributed by atoms with van der Waals surface area (Å²) in [7, 11) is 0. The molecule has 0 aromatic heterocycles. The van der Waals surface area contributed by atoms with Gasteiger partial charge in [-0.15, -0.1) is 0 Å². The third-order valence-electron chi connectivity index (χ3n) is 3.91. The first-order valence-corrected chi connectivity index (χ1v) is 6.28. The van der Waals surface area contributed by atoms with Crippen LogP contribution in [0.4, 0.5) is 0 Å². The van der Waals surface area contributed by atoms with Gasteiger partial charge in [0.1, 0.15) is 0 Å².